The van der Waals surface area contributed by atoms with Crippen molar-refractivity contribution in [3.63, 3.8) is 0 Å². The summed E-state index contributed by atoms with van der Waals surface area (Å²) < 4.78 is 7.17. The van der Waals surface area contributed by atoms with Crippen molar-refractivity contribution in [1.82, 2.24) is 20.0 Å². The van der Waals surface area contributed by atoms with Gasteiger partial charge < -0.3 is 15.4 Å². The Bertz CT molecular complexity index is 765. The summed E-state index contributed by atoms with van der Waals surface area (Å²) in [5.74, 6) is -0.353. The van der Waals surface area contributed by atoms with E-state index in [2.05, 4.69) is 15.6 Å². The van der Waals surface area contributed by atoms with Gasteiger partial charge in [0, 0.05) is 25.4 Å². The summed E-state index contributed by atoms with van der Waals surface area (Å²) in [6.07, 6.45) is 4.60. The molecule has 3 heterocycles. The molecule has 0 spiro atoms. The molecule has 25 heavy (non-hydrogen) atoms. The van der Waals surface area contributed by atoms with E-state index in [0.717, 1.165) is 25.9 Å². The van der Waals surface area contributed by atoms with Crippen LogP contribution in [0, 0.1) is 0 Å². The Morgan fingerprint density at radius 3 is 2.96 bits per heavy atom. The van der Waals surface area contributed by atoms with Crippen LogP contribution in [0.15, 0.2) is 24.4 Å². The van der Waals surface area contributed by atoms with Crippen LogP contribution in [-0.4, -0.2) is 46.5 Å². The number of fused-ring (bicyclic) bond motifs is 1. The Labute approximate surface area is 146 Å². The van der Waals surface area contributed by atoms with Crippen LogP contribution in [0.4, 0.5) is 0 Å². The SMILES string of the molecule is CCC(C)NC(=O)c1nc(C(=O)NCC2CCCO2)c2ccccn12. The molecule has 1 saturated heterocycles. The van der Waals surface area contributed by atoms with E-state index in [0.29, 0.717) is 12.1 Å². The van der Waals surface area contributed by atoms with E-state index in [1.807, 2.05) is 26.0 Å². The Balaban J connectivity index is 1.82. The lowest BCUT2D eigenvalue weighted by Crippen LogP contribution is -2.33. The maximum absolute atomic E-state index is 12.6. The van der Waals surface area contributed by atoms with E-state index in [4.69, 9.17) is 4.74 Å². The number of carbonyl (C=O) groups is 2. The predicted molar refractivity (Wildman–Crippen MR) is 93.7 cm³/mol. The van der Waals surface area contributed by atoms with Crippen molar-refractivity contribution in [2.24, 2.45) is 0 Å². The van der Waals surface area contributed by atoms with Crippen LogP contribution in [0.5, 0.6) is 0 Å². The van der Waals surface area contributed by atoms with Gasteiger partial charge in [-0.05, 0) is 38.3 Å². The average molecular weight is 344 g/mol. The first kappa shape index (κ1) is 17.4. The first-order valence-electron chi connectivity index (χ1n) is 8.78. The number of nitrogens with one attached hydrogen (secondary N) is 2. The molecule has 2 unspecified atom stereocenters. The van der Waals surface area contributed by atoms with Gasteiger partial charge in [0.05, 0.1) is 11.6 Å². The summed E-state index contributed by atoms with van der Waals surface area (Å²) >= 11 is 0. The van der Waals surface area contributed by atoms with E-state index in [-0.39, 0.29) is 35.5 Å². The zero-order chi connectivity index (χ0) is 17.8. The lowest BCUT2D eigenvalue weighted by atomic mass is 10.2. The number of aromatic nitrogens is 2. The first-order valence-corrected chi connectivity index (χ1v) is 8.78. The highest BCUT2D eigenvalue weighted by atomic mass is 16.5. The van der Waals surface area contributed by atoms with Crippen molar-refractivity contribution in [2.45, 2.75) is 45.3 Å². The molecule has 1 aliphatic heterocycles. The maximum Gasteiger partial charge on any atom is 0.287 e. The molecular formula is C18H24N4O3. The number of ether oxygens (including phenoxy) is 1. The van der Waals surface area contributed by atoms with Gasteiger partial charge >= 0.3 is 0 Å². The van der Waals surface area contributed by atoms with E-state index in [1.165, 1.54) is 0 Å². The van der Waals surface area contributed by atoms with E-state index in [1.54, 1.807) is 16.7 Å². The van der Waals surface area contributed by atoms with Crippen LogP contribution >= 0.6 is 0 Å². The molecule has 2 amide bonds. The number of rotatable bonds is 6. The summed E-state index contributed by atoms with van der Waals surface area (Å²) in [5.41, 5.74) is 0.870. The second-order valence-electron chi connectivity index (χ2n) is 6.37. The summed E-state index contributed by atoms with van der Waals surface area (Å²) in [4.78, 5) is 29.4. The van der Waals surface area contributed by atoms with Crippen LogP contribution in [0.1, 0.15) is 54.2 Å². The molecule has 0 bridgehead atoms. The van der Waals surface area contributed by atoms with E-state index < -0.39 is 0 Å². The topological polar surface area (TPSA) is 84.7 Å². The fourth-order valence-corrected chi connectivity index (χ4v) is 2.85. The predicted octanol–water partition coefficient (Wildman–Crippen LogP) is 1.77. The highest BCUT2D eigenvalue weighted by molar-refractivity contribution is 6.02. The molecule has 0 aliphatic carbocycles. The van der Waals surface area contributed by atoms with Gasteiger partial charge in [-0.2, -0.15) is 0 Å². The first-order chi connectivity index (χ1) is 12.1. The molecular weight excluding hydrogens is 320 g/mol. The Morgan fingerprint density at radius 1 is 1.40 bits per heavy atom. The van der Waals surface area contributed by atoms with Gasteiger partial charge in [-0.25, -0.2) is 4.98 Å². The fraction of sp³-hybridized carbons (Fsp3) is 0.500. The standard InChI is InChI=1S/C18H24N4O3/c1-3-12(2)20-18(24)16-21-15(14-8-4-5-9-22(14)16)17(23)19-11-13-7-6-10-25-13/h4-5,8-9,12-13H,3,6-7,10-11H2,1-2H3,(H,19,23)(H,20,24). The van der Waals surface area contributed by atoms with Crippen molar-refractivity contribution in [2.75, 3.05) is 13.2 Å². The van der Waals surface area contributed by atoms with Crippen LogP contribution in [-0.2, 0) is 4.74 Å². The number of nitrogens with zero attached hydrogens (tertiary/aromatic N) is 2. The minimum atomic E-state index is -0.290. The molecule has 2 aromatic heterocycles. The lowest BCUT2D eigenvalue weighted by Gasteiger charge is -2.10. The van der Waals surface area contributed by atoms with Gasteiger partial charge in [0.25, 0.3) is 11.8 Å². The summed E-state index contributed by atoms with van der Waals surface area (Å²) in [7, 11) is 0. The van der Waals surface area contributed by atoms with Gasteiger partial charge in [-0.15, -0.1) is 0 Å². The molecule has 7 heteroatoms. The zero-order valence-corrected chi connectivity index (χ0v) is 14.6. The monoisotopic (exact) mass is 344 g/mol. The fourth-order valence-electron chi connectivity index (χ4n) is 2.85. The third-order valence-electron chi connectivity index (χ3n) is 4.47. The van der Waals surface area contributed by atoms with E-state index >= 15 is 0 Å². The van der Waals surface area contributed by atoms with E-state index in [9.17, 15) is 9.59 Å². The Hall–Kier alpha value is -2.41. The molecule has 3 rings (SSSR count). The van der Waals surface area contributed by atoms with Crippen molar-refractivity contribution in [3.8, 4) is 0 Å². The molecule has 0 aromatic carbocycles. The normalized spacial score (nSPS) is 18.2. The molecule has 7 nitrogen and oxygen atoms in total. The Morgan fingerprint density at radius 2 is 2.24 bits per heavy atom. The molecule has 2 aromatic rings. The largest absolute Gasteiger partial charge is 0.376 e. The van der Waals surface area contributed by atoms with Crippen molar-refractivity contribution in [1.29, 1.82) is 0 Å². The Kier molecular flexibility index (Phi) is 5.33. The second-order valence-corrected chi connectivity index (χ2v) is 6.37. The number of hydrogen-bond donors (Lipinski definition) is 2. The molecule has 0 saturated carbocycles. The molecule has 1 fully saturated rings. The van der Waals surface area contributed by atoms with Crippen LogP contribution in [0.3, 0.4) is 0 Å². The second kappa shape index (κ2) is 7.65. The maximum atomic E-state index is 12.6. The number of pyridine rings is 1. The minimum Gasteiger partial charge on any atom is -0.376 e. The molecule has 0 radical (unpaired) electrons. The number of hydrogen-bond acceptors (Lipinski definition) is 4. The highest BCUT2D eigenvalue weighted by Crippen LogP contribution is 2.15. The van der Waals surface area contributed by atoms with Gasteiger partial charge in [0.15, 0.2) is 5.69 Å². The molecule has 2 atom stereocenters. The summed E-state index contributed by atoms with van der Waals surface area (Å²) in [6, 6.07) is 5.46. The van der Waals surface area contributed by atoms with Crippen molar-refractivity contribution < 1.29 is 14.3 Å². The molecule has 1 aliphatic rings. The third-order valence-corrected chi connectivity index (χ3v) is 4.47. The molecule has 134 valence electrons. The van der Waals surface area contributed by atoms with Gasteiger partial charge in [-0.3, -0.25) is 14.0 Å². The number of amides is 2. The van der Waals surface area contributed by atoms with Gasteiger partial charge in [-0.1, -0.05) is 13.0 Å². The summed E-state index contributed by atoms with van der Waals surface area (Å²) in [6.45, 7) is 5.13. The smallest absolute Gasteiger partial charge is 0.287 e. The summed E-state index contributed by atoms with van der Waals surface area (Å²) in [5, 5.41) is 5.76. The van der Waals surface area contributed by atoms with Gasteiger partial charge in [0.2, 0.25) is 5.82 Å². The highest BCUT2D eigenvalue weighted by Gasteiger charge is 2.23. The quantitative estimate of drug-likeness (QED) is 0.836. The molecule has 2 N–H and O–H groups in total. The number of carbonyl (C=O) groups excluding carboxylic acids is 2. The zero-order valence-electron chi connectivity index (χ0n) is 14.6. The van der Waals surface area contributed by atoms with Crippen LogP contribution < -0.4 is 10.6 Å². The van der Waals surface area contributed by atoms with Crippen LogP contribution in [0.2, 0.25) is 0 Å². The number of imidazole rings is 1. The lowest BCUT2D eigenvalue weighted by molar-refractivity contribution is 0.0855. The van der Waals surface area contributed by atoms with Crippen molar-refractivity contribution in [3.05, 3.63) is 35.9 Å². The van der Waals surface area contributed by atoms with Crippen molar-refractivity contribution >= 4 is 17.3 Å². The van der Waals surface area contributed by atoms with Crippen LogP contribution in [0.25, 0.3) is 5.52 Å². The average Bonchev–Trinajstić information content (AvgIpc) is 3.27. The van der Waals surface area contributed by atoms with Gasteiger partial charge in [0.1, 0.15) is 0 Å². The third kappa shape index (κ3) is 3.82. The minimum absolute atomic E-state index is 0.0420.